The van der Waals surface area contributed by atoms with Crippen LogP contribution < -0.4 is 10.6 Å². The van der Waals surface area contributed by atoms with Gasteiger partial charge < -0.3 is 15.4 Å². The van der Waals surface area contributed by atoms with Crippen LogP contribution in [-0.2, 0) is 11.2 Å². The minimum absolute atomic E-state index is 0.0872. The SMILES string of the molecule is COCC1CCCN(c2c(F)cc(CC(C)N)cc2F)C1. The van der Waals surface area contributed by atoms with Crippen LogP contribution in [0.1, 0.15) is 25.3 Å². The summed E-state index contributed by atoms with van der Waals surface area (Å²) in [4.78, 5) is 1.80. The maximum absolute atomic E-state index is 14.3. The Labute approximate surface area is 125 Å². The van der Waals surface area contributed by atoms with Crippen LogP contribution >= 0.6 is 0 Å². The van der Waals surface area contributed by atoms with E-state index in [1.807, 2.05) is 6.92 Å². The van der Waals surface area contributed by atoms with Crippen molar-refractivity contribution in [2.75, 3.05) is 31.7 Å². The zero-order chi connectivity index (χ0) is 15.4. The van der Waals surface area contributed by atoms with E-state index in [1.165, 1.54) is 12.1 Å². The molecule has 0 bridgehead atoms. The first-order chi connectivity index (χ1) is 10.0. The Kier molecular flexibility index (Phi) is 5.53. The Morgan fingerprint density at radius 1 is 1.38 bits per heavy atom. The van der Waals surface area contributed by atoms with Crippen LogP contribution in [-0.4, -0.2) is 32.8 Å². The van der Waals surface area contributed by atoms with Gasteiger partial charge >= 0.3 is 0 Å². The predicted octanol–water partition coefficient (Wildman–Crippen LogP) is 2.72. The third kappa shape index (κ3) is 4.14. The number of nitrogens with zero attached hydrogens (tertiary/aromatic N) is 1. The Hall–Kier alpha value is -1.20. The fourth-order valence-corrected chi connectivity index (χ4v) is 3.05. The lowest BCUT2D eigenvalue weighted by atomic mass is 9.97. The molecule has 2 atom stereocenters. The monoisotopic (exact) mass is 298 g/mol. The van der Waals surface area contributed by atoms with Gasteiger partial charge in [-0.2, -0.15) is 0 Å². The van der Waals surface area contributed by atoms with E-state index in [-0.39, 0.29) is 11.7 Å². The summed E-state index contributed by atoms with van der Waals surface area (Å²) in [5.74, 6) is -0.668. The Morgan fingerprint density at radius 2 is 2.05 bits per heavy atom. The summed E-state index contributed by atoms with van der Waals surface area (Å²) in [5.41, 5.74) is 6.38. The second-order valence-corrected chi connectivity index (χ2v) is 6.00. The molecule has 0 aliphatic carbocycles. The van der Waals surface area contributed by atoms with E-state index in [1.54, 1.807) is 12.0 Å². The minimum Gasteiger partial charge on any atom is -0.384 e. The number of benzene rings is 1. The molecule has 118 valence electrons. The van der Waals surface area contributed by atoms with Crippen LogP contribution in [0.5, 0.6) is 0 Å². The molecule has 1 aliphatic rings. The first-order valence-corrected chi connectivity index (χ1v) is 7.48. The van der Waals surface area contributed by atoms with E-state index in [0.29, 0.717) is 37.6 Å². The molecule has 2 unspecified atom stereocenters. The van der Waals surface area contributed by atoms with Crippen molar-refractivity contribution in [3.63, 3.8) is 0 Å². The highest BCUT2D eigenvalue weighted by Gasteiger charge is 2.25. The lowest BCUT2D eigenvalue weighted by Gasteiger charge is -2.34. The molecule has 21 heavy (non-hydrogen) atoms. The Bertz CT molecular complexity index is 454. The van der Waals surface area contributed by atoms with Crippen LogP contribution in [0.4, 0.5) is 14.5 Å². The molecular formula is C16H24F2N2O. The predicted molar refractivity (Wildman–Crippen MR) is 80.5 cm³/mol. The molecule has 5 heteroatoms. The van der Waals surface area contributed by atoms with Crippen molar-refractivity contribution in [2.24, 2.45) is 11.7 Å². The van der Waals surface area contributed by atoms with E-state index < -0.39 is 11.6 Å². The smallest absolute Gasteiger partial charge is 0.149 e. The highest BCUT2D eigenvalue weighted by Crippen LogP contribution is 2.29. The maximum Gasteiger partial charge on any atom is 0.149 e. The van der Waals surface area contributed by atoms with Crippen LogP contribution in [0.2, 0.25) is 0 Å². The molecule has 3 nitrogen and oxygen atoms in total. The van der Waals surface area contributed by atoms with Gasteiger partial charge in [0.05, 0.1) is 6.61 Å². The molecule has 0 spiro atoms. The molecule has 1 fully saturated rings. The number of ether oxygens (including phenoxy) is 1. The topological polar surface area (TPSA) is 38.5 Å². The van der Waals surface area contributed by atoms with E-state index >= 15 is 0 Å². The highest BCUT2D eigenvalue weighted by molar-refractivity contribution is 5.51. The van der Waals surface area contributed by atoms with Gasteiger partial charge in [0.2, 0.25) is 0 Å². The molecule has 2 N–H and O–H groups in total. The van der Waals surface area contributed by atoms with Crippen LogP contribution in [0.3, 0.4) is 0 Å². The fourth-order valence-electron chi connectivity index (χ4n) is 3.05. The average molecular weight is 298 g/mol. The largest absolute Gasteiger partial charge is 0.384 e. The normalized spacial score (nSPS) is 20.6. The second kappa shape index (κ2) is 7.18. The number of hydrogen-bond donors (Lipinski definition) is 1. The maximum atomic E-state index is 14.3. The number of halogens is 2. The lowest BCUT2D eigenvalue weighted by molar-refractivity contribution is 0.143. The Morgan fingerprint density at radius 3 is 2.62 bits per heavy atom. The van der Waals surface area contributed by atoms with Crippen LogP contribution in [0, 0.1) is 17.6 Å². The average Bonchev–Trinajstić information content (AvgIpc) is 2.37. The lowest BCUT2D eigenvalue weighted by Crippen LogP contribution is -2.38. The van der Waals surface area contributed by atoms with E-state index in [9.17, 15) is 8.78 Å². The standard InChI is InChI=1S/C16H24F2N2O/c1-11(19)6-13-7-14(17)16(15(18)8-13)20-5-3-4-12(9-20)10-21-2/h7-8,11-12H,3-6,9-10,19H2,1-2H3. The Balaban J connectivity index is 2.19. The number of hydrogen-bond acceptors (Lipinski definition) is 3. The molecule has 1 aromatic carbocycles. The second-order valence-electron chi connectivity index (χ2n) is 6.00. The third-order valence-electron chi connectivity index (χ3n) is 3.87. The first-order valence-electron chi connectivity index (χ1n) is 7.48. The van der Waals surface area contributed by atoms with Gasteiger partial charge in [-0.15, -0.1) is 0 Å². The fraction of sp³-hybridized carbons (Fsp3) is 0.625. The van der Waals surface area contributed by atoms with Crippen molar-refractivity contribution in [1.29, 1.82) is 0 Å². The number of methoxy groups -OCH3 is 1. The van der Waals surface area contributed by atoms with Crippen molar-refractivity contribution in [1.82, 2.24) is 0 Å². The quantitative estimate of drug-likeness (QED) is 0.908. The molecule has 1 heterocycles. The molecule has 2 rings (SSSR count). The molecule has 0 amide bonds. The van der Waals surface area contributed by atoms with Gasteiger partial charge in [0.25, 0.3) is 0 Å². The molecule has 0 radical (unpaired) electrons. The number of anilines is 1. The summed E-state index contributed by atoms with van der Waals surface area (Å²) in [6, 6.07) is 2.69. The third-order valence-corrected chi connectivity index (χ3v) is 3.87. The summed E-state index contributed by atoms with van der Waals surface area (Å²) in [5, 5.41) is 0. The number of nitrogens with two attached hydrogens (primary N) is 1. The van der Waals surface area contributed by atoms with Gasteiger partial charge in [-0.3, -0.25) is 0 Å². The summed E-state index contributed by atoms with van der Waals surface area (Å²) in [6.07, 6.45) is 2.44. The van der Waals surface area contributed by atoms with E-state index in [0.717, 1.165) is 12.8 Å². The van der Waals surface area contributed by atoms with E-state index in [2.05, 4.69) is 0 Å². The molecule has 1 aromatic rings. The zero-order valence-electron chi connectivity index (χ0n) is 12.7. The van der Waals surface area contributed by atoms with Gasteiger partial charge in [0.1, 0.15) is 17.3 Å². The molecule has 1 saturated heterocycles. The summed E-state index contributed by atoms with van der Waals surface area (Å²) in [7, 11) is 1.66. The molecule has 1 aliphatic heterocycles. The number of rotatable bonds is 5. The van der Waals surface area contributed by atoms with Crippen LogP contribution in [0.25, 0.3) is 0 Å². The summed E-state index contributed by atoms with van der Waals surface area (Å²) in [6.45, 7) is 3.77. The highest BCUT2D eigenvalue weighted by atomic mass is 19.1. The zero-order valence-corrected chi connectivity index (χ0v) is 12.7. The van der Waals surface area contributed by atoms with Gasteiger partial charge in [0.15, 0.2) is 0 Å². The van der Waals surface area contributed by atoms with Crippen molar-refractivity contribution in [3.05, 3.63) is 29.3 Å². The first kappa shape index (κ1) is 16.2. The molecule has 0 aromatic heterocycles. The van der Waals surface area contributed by atoms with Gasteiger partial charge in [-0.1, -0.05) is 0 Å². The minimum atomic E-state index is -0.497. The van der Waals surface area contributed by atoms with Gasteiger partial charge in [0, 0.05) is 26.2 Å². The summed E-state index contributed by atoms with van der Waals surface area (Å²) >= 11 is 0. The van der Waals surface area contributed by atoms with Crippen molar-refractivity contribution >= 4 is 5.69 Å². The van der Waals surface area contributed by atoms with Gasteiger partial charge in [-0.25, -0.2) is 8.78 Å². The number of piperidine rings is 1. The molecule has 0 saturated carbocycles. The van der Waals surface area contributed by atoms with Crippen molar-refractivity contribution < 1.29 is 13.5 Å². The van der Waals surface area contributed by atoms with Crippen molar-refractivity contribution in [3.8, 4) is 0 Å². The van der Waals surface area contributed by atoms with Crippen LogP contribution in [0.15, 0.2) is 12.1 Å². The van der Waals surface area contributed by atoms with Crippen molar-refractivity contribution in [2.45, 2.75) is 32.2 Å². The molecular weight excluding hydrogens is 274 g/mol. The summed E-state index contributed by atoms with van der Waals surface area (Å²) < 4.78 is 33.8. The van der Waals surface area contributed by atoms with E-state index in [4.69, 9.17) is 10.5 Å². The van der Waals surface area contributed by atoms with Gasteiger partial charge in [-0.05, 0) is 49.8 Å².